The number of benzene rings is 1. The van der Waals surface area contributed by atoms with Gasteiger partial charge in [0.1, 0.15) is 11.9 Å². The second kappa shape index (κ2) is 6.98. The van der Waals surface area contributed by atoms with Crippen LogP contribution in [0.3, 0.4) is 0 Å². The van der Waals surface area contributed by atoms with Crippen LogP contribution in [0.15, 0.2) is 48.7 Å². The number of nitrogens with two attached hydrogens (primary N) is 1. The van der Waals surface area contributed by atoms with Gasteiger partial charge in [-0.05, 0) is 17.7 Å². The second-order valence-electron chi connectivity index (χ2n) is 5.57. The Morgan fingerprint density at radius 1 is 1.09 bits per heavy atom. The number of hydrogen-bond acceptors (Lipinski definition) is 4. The maximum Gasteiger partial charge on any atom is 0.239 e. The Balaban J connectivity index is 1.69. The van der Waals surface area contributed by atoms with Gasteiger partial charge < -0.3 is 10.6 Å². The molecule has 0 radical (unpaired) electrons. The molecule has 1 aliphatic heterocycles. The van der Waals surface area contributed by atoms with Gasteiger partial charge in [0.25, 0.3) is 0 Å². The van der Waals surface area contributed by atoms with Crippen LogP contribution in [-0.2, 0) is 4.79 Å². The summed E-state index contributed by atoms with van der Waals surface area (Å²) in [7, 11) is 0. The maximum absolute atomic E-state index is 11.9. The number of amides is 1. The van der Waals surface area contributed by atoms with Crippen molar-refractivity contribution in [3.63, 3.8) is 0 Å². The largest absolute Gasteiger partial charge is 0.368 e. The van der Waals surface area contributed by atoms with Crippen LogP contribution in [0, 0.1) is 0 Å². The number of pyridine rings is 1. The third kappa shape index (κ3) is 3.63. The fraction of sp³-hybridized carbons (Fsp3) is 0.294. The van der Waals surface area contributed by atoms with E-state index in [0.717, 1.165) is 37.6 Å². The Hall–Kier alpha value is -2.11. The van der Waals surface area contributed by atoms with E-state index in [1.807, 2.05) is 42.5 Å². The molecular weight excluding hydrogens is 312 g/mol. The van der Waals surface area contributed by atoms with E-state index in [1.54, 1.807) is 6.20 Å². The number of anilines is 1. The molecule has 120 valence electrons. The molecule has 1 fully saturated rings. The molecule has 2 N–H and O–H groups in total. The molecule has 0 saturated carbocycles. The molecule has 0 bridgehead atoms. The van der Waals surface area contributed by atoms with E-state index in [2.05, 4.69) is 14.8 Å². The van der Waals surface area contributed by atoms with E-state index >= 15 is 0 Å². The highest BCUT2D eigenvalue weighted by atomic mass is 35.5. The van der Waals surface area contributed by atoms with Crippen molar-refractivity contribution in [2.24, 2.45) is 5.73 Å². The van der Waals surface area contributed by atoms with E-state index in [0.29, 0.717) is 5.02 Å². The molecule has 6 heteroatoms. The molecule has 5 nitrogen and oxygen atoms in total. The fourth-order valence-corrected chi connectivity index (χ4v) is 3.07. The lowest BCUT2D eigenvalue weighted by molar-refractivity contribution is -0.123. The van der Waals surface area contributed by atoms with Crippen molar-refractivity contribution < 1.29 is 4.79 Å². The van der Waals surface area contributed by atoms with E-state index in [1.165, 1.54) is 0 Å². The Bertz CT molecular complexity index is 654. The number of hydrogen-bond donors (Lipinski definition) is 1. The van der Waals surface area contributed by atoms with Crippen molar-refractivity contribution in [1.29, 1.82) is 0 Å². The summed E-state index contributed by atoms with van der Waals surface area (Å²) in [6.07, 6.45) is 1.65. The minimum atomic E-state index is -0.378. The van der Waals surface area contributed by atoms with Gasteiger partial charge in [-0.2, -0.15) is 0 Å². The summed E-state index contributed by atoms with van der Waals surface area (Å²) in [5.74, 6) is 0.596. The predicted molar refractivity (Wildman–Crippen MR) is 91.4 cm³/mol. The van der Waals surface area contributed by atoms with Crippen molar-refractivity contribution in [3.05, 3.63) is 59.2 Å². The number of nitrogens with zero attached hydrogens (tertiary/aromatic N) is 3. The van der Waals surface area contributed by atoms with Crippen molar-refractivity contribution in [2.45, 2.75) is 6.04 Å². The monoisotopic (exact) mass is 330 g/mol. The molecule has 1 amide bonds. The van der Waals surface area contributed by atoms with E-state index in [9.17, 15) is 4.79 Å². The zero-order valence-corrected chi connectivity index (χ0v) is 13.5. The first-order valence-electron chi connectivity index (χ1n) is 7.60. The average molecular weight is 331 g/mol. The number of rotatable bonds is 4. The van der Waals surface area contributed by atoms with Gasteiger partial charge in [0, 0.05) is 32.4 Å². The lowest BCUT2D eigenvalue weighted by Crippen LogP contribution is -2.50. The highest BCUT2D eigenvalue weighted by molar-refractivity contribution is 6.30. The van der Waals surface area contributed by atoms with Gasteiger partial charge in [0.15, 0.2) is 0 Å². The topological polar surface area (TPSA) is 62.5 Å². The van der Waals surface area contributed by atoms with Gasteiger partial charge in [-0.1, -0.05) is 41.9 Å². The van der Waals surface area contributed by atoms with E-state index < -0.39 is 0 Å². The van der Waals surface area contributed by atoms with Gasteiger partial charge >= 0.3 is 0 Å². The molecule has 2 aromatic rings. The number of aromatic nitrogens is 1. The first-order chi connectivity index (χ1) is 11.1. The van der Waals surface area contributed by atoms with Crippen molar-refractivity contribution >= 4 is 23.3 Å². The highest BCUT2D eigenvalue weighted by Crippen LogP contribution is 2.23. The molecule has 0 spiro atoms. The van der Waals surface area contributed by atoms with Gasteiger partial charge in [-0.3, -0.25) is 9.69 Å². The van der Waals surface area contributed by atoms with E-state index in [4.69, 9.17) is 17.3 Å². The normalized spacial score (nSPS) is 17.0. The van der Waals surface area contributed by atoms with Crippen molar-refractivity contribution in [1.82, 2.24) is 9.88 Å². The Morgan fingerprint density at radius 2 is 1.78 bits per heavy atom. The summed E-state index contributed by atoms with van der Waals surface area (Å²) in [5, 5.41) is 0.630. The summed E-state index contributed by atoms with van der Waals surface area (Å²) in [6, 6.07) is 13.1. The van der Waals surface area contributed by atoms with Crippen LogP contribution in [0.5, 0.6) is 0 Å². The summed E-state index contributed by atoms with van der Waals surface area (Å²) in [4.78, 5) is 20.6. The summed E-state index contributed by atoms with van der Waals surface area (Å²) < 4.78 is 0. The maximum atomic E-state index is 11.9. The molecule has 1 atom stereocenters. The summed E-state index contributed by atoms with van der Waals surface area (Å²) in [6.45, 7) is 3.11. The van der Waals surface area contributed by atoms with Crippen molar-refractivity contribution in [3.8, 4) is 0 Å². The third-order valence-electron chi connectivity index (χ3n) is 4.10. The molecule has 0 aliphatic carbocycles. The highest BCUT2D eigenvalue weighted by Gasteiger charge is 2.29. The Labute approximate surface area is 140 Å². The molecule has 1 aromatic carbocycles. The first-order valence-corrected chi connectivity index (χ1v) is 7.98. The standard InChI is InChI=1S/C17H19ClN4O/c18-14-6-7-15(20-12-14)21-8-10-22(11-9-21)16(17(19)23)13-4-2-1-3-5-13/h1-7,12,16H,8-11H2,(H2,19,23)/t16-/m1/s1. The number of primary amides is 1. The Kier molecular flexibility index (Phi) is 4.79. The molecule has 1 aliphatic rings. The Morgan fingerprint density at radius 3 is 2.35 bits per heavy atom. The van der Waals surface area contributed by atoms with Gasteiger partial charge in [0.05, 0.1) is 5.02 Å². The second-order valence-corrected chi connectivity index (χ2v) is 6.01. The summed E-state index contributed by atoms with van der Waals surface area (Å²) >= 11 is 5.88. The van der Waals surface area contributed by atoms with E-state index in [-0.39, 0.29) is 11.9 Å². The molecule has 0 unspecified atom stereocenters. The zero-order chi connectivity index (χ0) is 16.2. The van der Waals surface area contributed by atoms with Gasteiger partial charge in [-0.15, -0.1) is 0 Å². The number of carbonyl (C=O) groups is 1. The molecule has 23 heavy (non-hydrogen) atoms. The number of piperazine rings is 1. The van der Waals surface area contributed by atoms with Gasteiger partial charge in [0.2, 0.25) is 5.91 Å². The first kappa shape index (κ1) is 15.8. The summed E-state index contributed by atoms with van der Waals surface area (Å²) in [5.41, 5.74) is 6.58. The van der Waals surface area contributed by atoms with Crippen LogP contribution < -0.4 is 10.6 Å². The molecule has 1 saturated heterocycles. The average Bonchev–Trinajstić information content (AvgIpc) is 2.57. The lowest BCUT2D eigenvalue weighted by atomic mass is 10.0. The van der Waals surface area contributed by atoms with Crippen LogP contribution in [0.25, 0.3) is 0 Å². The van der Waals surface area contributed by atoms with Crippen LogP contribution in [0.1, 0.15) is 11.6 Å². The minimum absolute atomic E-state index is 0.311. The lowest BCUT2D eigenvalue weighted by Gasteiger charge is -2.38. The quantitative estimate of drug-likeness (QED) is 0.932. The SMILES string of the molecule is NC(=O)[C@@H](c1ccccc1)N1CCN(c2ccc(Cl)cn2)CC1. The number of carbonyl (C=O) groups excluding carboxylic acids is 1. The predicted octanol–water partition coefficient (Wildman–Crippen LogP) is 2.08. The smallest absolute Gasteiger partial charge is 0.239 e. The number of halogens is 1. The molecule has 2 heterocycles. The van der Waals surface area contributed by atoms with Crippen LogP contribution in [0.2, 0.25) is 5.02 Å². The fourth-order valence-electron chi connectivity index (χ4n) is 2.95. The molecule has 3 rings (SSSR count). The zero-order valence-electron chi connectivity index (χ0n) is 12.7. The third-order valence-corrected chi connectivity index (χ3v) is 4.32. The minimum Gasteiger partial charge on any atom is -0.368 e. The molecular formula is C17H19ClN4O. The van der Waals surface area contributed by atoms with Crippen LogP contribution >= 0.6 is 11.6 Å². The van der Waals surface area contributed by atoms with Crippen LogP contribution in [0.4, 0.5) is 5.82 Å². The molecule has 1 aromatic heterocycles. The van der Waals surface area contributed by atoms with Crippen molar-refractivity contribution in [2.75, 3.05) is 31.1 Å². The van der Waals surface area contributed by atoms with Crippen LogP contribution in [-0.4, -0.2) is 42.0 Å². The van der Waals surface area contributed by atoms with Gasteiger partial charge in [-0.25, -0.2) is 4.98 Å².